The van der Waals surface area contributed by atoms with Crippen LogP contribution in [0.1, 0.15) is 351 Å². The van der Waals surface area contributed by atoms with Gasteiger partial charge in [0.05, 0.1) is 26.4 Å². The standard InChI is InChI=1S/C71H138O17P2/c1-9-63(7)49-41-33-25-17-11-12-18-29-37-45-53-70(75)87-66(57-81-68(73)51-43-35-27-19-13-15-23-31-39-47-61(3)4)59-85-89(77,78)83-55-65(72)56-84-90(79,80)86-60-67(88-71(76)54-46-38-30-20-14-16-24-32-40-48-62(5)6)58-82-69(74)52-44-36-28-22-21-26-34-42-50-64(8)10-2/h61-67,72H,9-60H2,1-8H3,(H,77,78)(H,79,80)/t63?,64?,65-,66-,67-/m1/s1. The number of hydrogen-bond acceptors (Lipinski definition) is 15. The molecule has 0 amide bonds. The van der Waals surface area contributed by atoms with Gasteiger partial charge in [-0.05, 0) is 49.4 Å². The van der Waals surface area contributed by atoms with Crippen molar-refractivity contribution in [1.82, 2.24) is 0 Å². The molecule has 0 heterocycles. The van der Waals surface area contributed by atoms with Crippen molar-refractivity contribution in [3.63, 3.8) is 0 Å². The van der Waals surface area contributed by atoms with E-state index in [2.05, 4.69) is 55.4 Å². The van der Waals surface area contributed by atoms with Crippen molar-refractivity contribution in [2.45, 2.75) is 369 Å². The second-order valence-electron chi connectivity index (χ2n) is 27.1. The molecule has 0 rings (SSSR count). The second kappa shape index (κ2) is 60.7. The van der Waals surface area contributed by atoms with Crippen molar-refractivity contribution in [3.05, 3.63) is 0 Å². The maximum atomic E-state index is 13.0. The molecule has 90 heavy (non-hydrogen) atoms. The zero-order valence-electron chi connectivity index (χ0n) is 58.8. The normalized spacial score (nSPS) is 14.9. The molecular weight excluding hydrogens is 1190 g/mol. The molecule has 0 saturated heterocycles. The summed E-state index contributed by atoms with van der Waals surface area (Å²) in [7, 11) is -9.91. The highest BCUT2D eigenvalue weighted by molar-refractivity contribution is 7.47. The first kappa shape index (κ1) is 88.1. The monoisotopic (exact) mass is 1320 g/mol. The van der Waals surface area contributed by atoms with E-state index < -0.39 is 97.5 Å². The van der Waals surface area contributed by atoms with Crippen LogP contribution in [-0.4, -0.2) is 96.7 Å². The lowest BCUT2D eigenvalue weighted by Gasteiger charge is -2.21. The number of esters is 4. The van der Waals surface area contributed by atoms with Gasteiger partial charge in [-0.1, -0.05) is 299 Å². The molecular formula is C71H138O17P2. The highest BCUT2D eigenvalue weighted by Crippen LogP contribution is 2.45. The average Bonchev–Trinajstić information content (AvgIpc) is 2.95. The molecule has 17 nitrogen and oxygen atoms in total. The third-order valence-corrected chi connectivity index (χ3v) is 18.9. The van der Waals surface area contributed by atoms with E-state index in [4.69, 9.17) is 37.0 Å². The molecule has 0 saturated carbocycles. The number of ether oxygens (including phenoxy) is 4. The van der Waals surface area contributed by atoms with Crippen molar-refractivity contribution in [3.8, 4) is 0 Å². The number of phosphoric acid groups is 2. The Bertz CT molecular complexity index is 1790. The number of carbonyl (C=O) groups is 4. The molecule has 0 fully saturated rings. The Hall–Kier alpha value is -1.94. The van der Waals surface area contributed by atoms with Crippen LogP contribution in [-0.2, 0) is 65.4 Å². The van der Waals surface area contributed by atoms with Gasteiger partial charge in [0, 0.05) is 25.7 Å². The van der Waals surface area contributed by atoms with E-state index in [-0.39, 0.29) is 25.7 Å². The van der Waals surface area contributed by atoms with E-state index in [1.54, 1.807) is 0 Å². The molecule has 0 aliphatic carbocycles. The zero-order chi connectivity index (χ0) is 66.8. The molecule has 0 aromatic heterocycles. The summed E-state index contributed by atoms with van der Waals surface area (Å²) in [6.07, 6.45) is 42.9. The first-order valence-electron chi connectivity index (χ1n) is 36.8. The molecule has 0 aliphatic heterocycles. The SMILES string of the molecule is CCC(C)CCCCCCCCCCCCC(=O)O[C@H](COC(=O)CCCCCCCCCCCC(C)C)COP(=O)(O)OC[C@@H](O)COP(=O)(O)OC[C@@H](COC(=O)CCCCCCCCCCC(C)CC)OC(=O)CCCCCCCCCCCC(C)C. The minimum Gasteiger partial charge on any atom is -0.462 e. The van der Waals surface area contributed by atoms with E-state index in [0.29, 0.717) is 25.7 Å². The Labute approximate surface area is 549 Å². The molecule has 534 valence electrons. The van der Waals surface area contributed by atoms with Gasteiger partial charge in [0.25, 0.3) is 0 Å². The molecule has 0 bridgehead atoms. The van der Waals surface area contributed by atoms with Gasteiger partial charge in [-0.2, -0.15) is 0 Å². The second-order valence-corrected chi connectivity index (χ2v) is 30.0. The number of aliphatic hydroxyl groups excluding tert-OH is 1. The lowest BCUT2D eigenvalue weighted by molar-refractivity contribution is -0.161. The number of rotatable bonds is 68. The van der Waals surface area contributed by atoms with E-state index in [1.807, 2.05) is 0 Å². The number of phosphoric ester groups is 2. The lowest BCUT2D eigenvalue weighted by Crippen LogP contribution is -2.30. The Kier molecular flexibility index (Phi) is 59.4. The lowest BCUT2D eigenvalue weighted by atomic mass is 9.99. The maximum Gasteiger partial charge on any atom is 0.472 e. The summed E-state index contributed by atoms with van der Waals surface area (Å²) < 4.78 is 68.3. The fourth-order valence-electron chi connectivity index (χ4n) is 10.6. The van der Waals surface area contributed by atoms with Gasteiger partial charge in [-0.25, -0.2) is 9.13 Å². The largest absolute Gasteiger partial charge is 0.472 e. The van der Waals surface area contributed by atoms with Crippen LogP contribution in [0.15, 0.2) is 0 Å². The van der Waals surface area contributed by atoms with Crippen LogP contribution in [0.5, 0.6) is 0 Å². The smallest absolute Gasteiger partial charge is 0.462 e. The first-order valence-corrected chi connectivity index (χ1v) is 39.8. The molecule has 0 spiro atoms. The summed E-state index contributed by atoms with van der Waals surface area (Å²) >= 11 is 0. The van der Waals surface area contributed by atoms with Crippen molar-refractivity contribution in [2.75, 3.05) is 39.6 Å². The maximum absolute atomic E-state index is 13.0. The zero-order valence-corrected chi connectivity index (χ0v) is 60.6. The number of aliphatic hydroxyl groups is 1. The van der Waals surface area contributed by atoms with Crippen LogP contribution < -0.4 is 0 Å². The Balaban J connectivity index is 5.28. The first-order chi connectivity index (χ1) is 43.2. The molecule has 0 aromatic carbocycles. The number of hydrogen-bond donors (Lipinski definition) is 3. The summed E-state index contributed by atoms with van der Waals surface area (Å²) in [5.41, 5.74) is 0. The number of unbranched alkanes of at least 4 members (excludes halogenated alkanes) is 32. The highest BCUT2D eigenvalue weighted by Gasteiger charge is 2.30. The van der Waals surface area contributed by atoms with E-state index in [9.17, 15) is 43.2 Å². The van der Waals surface area contributed by atoms with Gasteiger partial charge >= 0.3 is 39.5 Å². The van der Waals surface area contributed by atoms with Gasteiger partial charge in [0.2, 0.25) is 0 Å². The molecule has 7 atom stereocenters. The van der Waals surface area contributed by atoms with Gasteiger partial charge in [-0.15, -0.1) is 0 Å². The minimum atomic E-state index is -4.95. The van der Waals surface area contributed by atoms with Gasteiger partial charge in [0.1, 0.15) is 19.3 Å². The Morgan fingerprint density at radius 1 is 0.311 bits per heavy atom. The van der Waals surface area contributed by atoms with Crippen molar-refractivity contribution in [2.24, 2.45) is 23.7 Å². The third kappa shape index (κ3) is 62.2. The minimum absolute atomic E-state index is 0.104. The molecule has 0 aromatic rings. The fraction of sp³-hybridized carbons (Fsp3) is 0.944. The highest BCUT2D eigenvalue weighted by atomic mass is 31.2. The van der Waals surface area contributed by atoms with Crippen LogP contribution in [0.25, 0.3) is 0 Å². The van der Waals surface area contributed by atoms with Crippen LogP contribution in [0, 0.1) is 23.7 Å². The van der Waals surface area contributed by atoms with Crippen molar-refractivity contribution < 1.29 is 80.2 Å². The summed E-state index contributed by atoms with van der Waals surface area (Å²) in [5.74, 6) is 0.932. The van der Waals surface area contributed by atoms with Gasteiger partial charge in [0.15, 0.2) is 12.2 Å². The van der Waals surface area contributed by atoms with Crippen molar-refractivity contribution >= 4 is 39.5 Å². The predicted octanol–water partition coefficient (Wildman–Crippen LogP) is 20.1. The Morgan fingerprint density at radius 3 is 0.789 bits per heavy atom. The van der Waals surface area contributed by atoms with Crippen LogP contribution >= 0.6 is 15.6 Å². The van der Waals surface area contributed by atoms with Crippen LogP contribution in [0.3, 0.4) is 0 Å². The van der Waals surface area contributed by atoms with Crippen LogP contribution in [0.4, 0.5) is 0 Å². The molecule has 4 unspecified atom stereocenters. The molecule has 19 heteroatoms. The topological polar surface area (TPSA) is 237 Å². The van der Waals surface area contributed by atoms with Crippen molar-refractivity contribution in [1.29, 1.82) is 0 Å². The summed E-state index contributed by atoms with van der Waals surface area (Å²) in [5, 5.41) is 10.6. The third-order valence-electron chi connectivity index (χ3n) is 17.0. The fourth-order valence-corrected chi connectivity index (χ4v) is 12.2. The van der Waals surface area contributed by atoms with Crippen LogP contribution in [0.2, 0.25) is 0 Å². The average molecular weight is 1330 g/mol. The predicted molar refractivity (Wildman–Crippen MR) is 363 cm³/mol. The molecule has 0 radical (unpaired) electrons. The summed E-state index contributed by atoms with van der Waals surface area (Å²) in [6, 6.07) is 0. The van der Waals surface area contributed by atoms with E-state index in [1.165, 1.54) is 154 Å². The van der Waals surface area contributed by atoms with Gasteiger partial charge in [-0.3, -0.25) is 37.3 Å². The quantitative estimate of drug-likeness (QED) is 0.0222. The Morgan fingerprint density at radius 2 is 0.533 bits per heavy atom. The van der Waals surface area contributed by atoms with E-state index >= 15 is 0 Å². The van der Waals surface area contributed by atoms with Gasteiger partial charge < -0.3 is 33.8 Å². The summed E-state index contributed by atoms with van der Waals surface area (Å²) in [4.78, 5) is 72.6. The van der Waals surface area contributed by atoms with E-state index in [0.717, 1.165) is 114 Å². The molecule has 3 N–H and O–H groups in total. The number of carbonyl (C=O) groups excluding carboxylic acids is 4. The molecule has 0 aliphatic rings. The summed E-state index contributed by atoms with van der Waals surface area (Å²) in [6.45, 7) is 14.1.